The van der Waals surface area contributed by atoms with Crippen LogP contribution in [0.5, 0.6) is 0 Å². The Hall–Kier alpha value is -2.69. The summed E-state index contributed by atoms with van der Waals surface area (Å²) < 4.78 is 5.23. The average molecular weight is 297 g/mol. The molecule has 0 bridgehead atoms. The van der Waals surface area contributed by atoms with Crippen molar-refractivity contribution < 1.29 is 9.53 Å². The highest BCUT2D eigenvalue weighted by atomic mass is 16.5. The van der Waals surface area contributed by atoms with Crippen LogP contribution >= 0.6 is 0 Å². The molecule has 114 valence electrons. The normalized spacial score (nSPS) is 10.9. The van der Waals surface area contributed by atoms with Gasteiger partial charge in [0.2, 0.25) is 0 Å². The van der Waals surface area contributed by atoms with Crippen LogP contribution in [0.3, 0.4) is 0 Å². The molecule has 0 spiro atoms. The molecule has 0 saturated carbocycles. The molecule has 0 aliphatic carbocycles. The summed E-state index contributed by atoms with van der Waals surface area (Å²) >= 11 is 0. The first-order valence-corrected chi connectivity index (χ1v) is 7.15. The van der Waals surface area contributed by atoms with Crippen LogP contribution in [0.4, 0.5) is 11.4 Å². The Labute approximate surface area is 130 Å². The Morgan fingerprint density at radius 3 is 2.50 bits per heavy atom. The molecule has 0 aromatic heterocycles. The number of nitrogens with zero attached hydrogens (tertiary/aromatic N) is 2. The van der Waals surface area contributed by atoms with Gasteiger partial charge < -0.3 is 4.74 Å². The number of ether oxygens (including phenoxy) is 1. The first-order chi connectivity index (χ1) is 10.7. The number of hydrogen-bond donors (Lipinski definition) is 1. The highest BCUT2D eigenvalue weighted by Crippen LogP contribution is 2.20. The molecule has 0 aliphatic rings. The molecule has 0 aliphatic heterocycles. The van der Waals surface area contributed by atoms with Crippen molar-refractivity contribution in [3.63, 3.8) is 0 Å². The molecule has 0 unspecified atom stereocenters. The van der Waals surface area contributed by atoms with Gasteiger partial charge in [-0.25, -0.2) is 4.79 Å². The third-order valence-electron chi connectivity index (χ3n) is 2.78. The molecular formula is C17H19N3O2. The van der Waals surface area contributed by atoms with Gasteiger partial charge in [-0.15, -0.1) is 5.11 Å². The molecule has 22 heavy (non-hydrogen) atoms. The summed E-state index contributed by atoms with van der Waals surface area (Å²) in [6, 6.07) is 16.4. The van der Waals surface area contributed by atoms with Crippen LogP contribution in [0.1, 0.15) is 24.2 Å². The number of para-hydroxylation sites is 1. The first-order valence-electron chi connectivity index (χ1n) is 7.15. The van der Waals surface area contributed by atoms with E-state index in [0.717, 1.165) is 5.69 Å². The maximum atomic E-state index is 12.1. The topological polar surface area (TPSA) is 63.0 Å². The van der Waals surface area contributed by atoms with Gasteiger partial charge >= 0.3 is 5.97 Å². The second-order valence-corrected chi connectivity index (χ2v) is 5.19. The van der Waals surface area contributed by atoms with Crippen molar-refractivity contribution in [1.82, 2.24) is 0 Å². The van der Waals surface area contributed by atoms with Gasteiger partial charge in [-0.1, -0.05) is 49.4 Å². The third kappa shape index (κ3) is 4.70. The van der Waals surface area contributed by atoms with Crippen molar-refractivity contribution in [2.75, 3.05) is 12.0 Å². The number of benzene rings is 2. The maximum Gasteiger partial charge on any atom is 0.340 e. The number of rotatable bonds is 6. The number of carbonyl (C=O) groups is 1. The minimum atomic E-state index is -0.386. The third-order valence-corrected chi connectivity index (χ3v) is 2.78. The van der Waals surface area contributed by atoms with Crippen molar-refractivity contribution in [1.29, 1.82) is 0 Å². The van der Waals surface area contributed by atoms with Crippen molar-refractivity contribution >= 4 is 17.3 Å². The summed E-state index contributed by atoms with van der Waals surface area (Å²) in [6.07, 6.45) is 0. The molecule has 0 saturated heterocycles. The zero-order valence-corrected chi connectivity index (χ0v) is 12.7. The van der Waals surface area contributed by atoms with E-state index in [0.29, 0.717) is 17.9 Å². The lowest BCUT2D eigenvalue weighted by Crippen LogP contribution is -2.10. The van der Waals surface area contributed by atoms with Crippen LogP contribution < -0.4 is 5.43 Å². The van der Waals surface area contributed by atoms with E-state index in [9.17, 15) is 4.79 Å². The number of carbonyl (C=O) groups excluding carboxylic acids is 1. The Kier molecular flexibility index (Phi) is 5.65. The van der Waals surface area contributed by atoms with Crippen LogP contribution in [0.2, 0.25) is 0 Å². The molecule has 0 fully saturated rings. The molecule has 0 amide bonds. The van der Waals surface area contributed by atoms with Gasteiger partial charge in [0, 0.05) is 0 Å². The van der Waals surface area contributed by atoms with E-state index in [1.165, 1.54) is 0 Å². The highest BCUT2D eigenvalue weighted by molar-refractivity contribution is 5.94. The minimum absolute atomic E-state index is 0.289. The predicted molar refractivity (Wildman–Crippen MR) is 86.1 cm³/mol. The monoisotopic (exact) mass is 297 g/mol. The van der Waals surface area contributed by atoms with E-state index >= 15 is 0 Å². The van der Waals surface area contributed by atoms with E-state index < -0.39 is 0 Å². The average Bonchev–Trinajstić information content (AvgIpc) is 2.54. The number of hydrogen-bond acceptors (Lipinski definition) is 4. The Morgan fingerprint density at radius 2 is 1.77 bits per heavy atom. The van der Waals surface area contributed by atoms with Crippen LogP contribution in [0.15, 0.2) is 64.9 Å². The fourth-order valence-corrected chi connectivity index (χ4v) is 1.70. The lowest BCUT2D eigenvalue weighted by atomic mass is 10.2. The molecule has 1 N–H and O–H groups in total. The molecule has 0 atom stereocenters. The van der Waals surface area contributed by atoms with E-state index in [-0.39, 0.29) is 11.9 Å². The number of nitrogens with one attached hydrogen (secondary N) is 1. The molecule has 2 rings (SSSR count). The van der Waals surface area contributed by atoms with Crippen LogP contribution in [0, 0.1) is 5.92 Å². The second-order valence-electron chi connectivity index (χ2n) is 5.19. The zero-order valence-electron chi connectivity index (χ0n) is 12.7. The Balaban J connectivity index is 2.06. The smallest absolute Gasteiger partial charge is 0.340 e. The van der Waals surface area contributed by atoms with Gasteiger partial charge in [0.1, 0.15) is 5.69 Å². The SMILES string of the molecule is CC(C)COC(=O)c1ccccc1N=NNc1ccccc1. The van der Waals surface area contributed by atoms with Gasteiger partial charge in [-0.05, 0) is 30.2 Å². The minimum Gasteiger partial charge on any atom is -0.462 e. The summed E-state index contributed by atoms with van der Waals surface area (Å²) in [4.78, 5) is 12.1. The van der Waals surface area contributed by atoms with Gasteiger partial charge in [0.05, 0.1) is 17.9 Å². The van der Waals surface area contributed by atoms with Crippen molar-refractivity contribution in [2.45, 2.75) is 13.8 Å². The van der Waals surface area contributed by atoms with Crippen LogP contribution in [-0.2, 0) is 4.74 Å². The van der Waals surface area contributed by atoms with E-state index in [1.54, 1.807) is 24.3 Å². The second kappa shape index (κ2) is 7.93. The molecule has 5 nitrogen and oxygen atoms in total. The van der Waals surface area contributed by atoms with Crippen molar-refractivity contribution in [3.05, 3.63) is 60.2 Å². The standard InChI is InChI=1S/C17H19N3O2/c1-13(2)12-22-17(21)15-10-6-7-11-16(15)19-20-18-14-8-4-3-5-9-14/h3-11,13H,12H2,1-2H3,(H,18,19). The molecule has 0 heterocycles. The molecule has 5 heteroatoms. The fourth-order valence-electron chi connectivity index (χ4n) is 1.70. The Morgan fingerprint density at radius 1 is 1.09 bits per heavy atom. The van der Waals surface area contributed by atoms with E-state index in [2.05, 4.69) is 15.8 Å². The lowest BCUT2D eigenvalue weighted by Gasteiger charge is -2.08. The predicted octanol–water partition coefficient (Wildman–Crippen LogP) is 4.61. The highest BCUT2D eigenvalue weighted by Gasteiger charge is 2.12. The summed E-state index contributed by atoms with van der Waals surface area (Å²) in [6.45, 7) is 4.36. The first kappa shape index (κ1) is 15.7. The summed E-state index contributed by atoms with van der Waals surface area (Å²) in [7, 11) is 0. The largest absolute Gasteiger partial charge is 0.462 e. The van der Waals surface area contributed by atoms with E-state index in [4.69, 9.17) is 4.74 Å². The molecule has 0 radical (unpaired) electrons. The summed E-state index contributed by atoms with van der Waals surface area (Å²) in [5.74, 6) is -0.0968. The van der Waals surface area contributed by atoms with Crippen LogP contribution in [-0.4, -0.2) is 12.6 Å². The van der Waals surface area contributed by atoms with Crippen LogP contribution in [0.25, 0.3) is 0 Å². The van der Waals surface area contributed by atoms with Gasteiger partial charge in [-0.3, -0.25) is 5.43 Å². The van der Waals surface area contributed by atoms with E-state index in [1.807, 2.05) is 44.2 Å². The summed E-state index contributed by atoms with van der Waals surface area (Å²) in [5, 5.41) is 7.98. The van der Waals surface area contributed by atoms with Gasteiger partial charge in [-0.2, -0.15) is 0 Å². The number of anilines is 1. The zero-order chi connectivity index (χ0) is 15.8. The lowest BCUT2D eigenvalue weighted by molar-refractivity contribution is 0.0460. The summed E-state index contributed by atoms with van der Waals surface area (Å²) in [5.41, 5.74) is 4.52. The molecule has 2 aromatic carbocycles. The molecule has 2 aromatic rings. The van der Waals surface area contributed by atoms with Crippen molar-refractivity contribution in [2.24, 2.45) is 16.3 Å². The maximum absolute atomic E-state index is 12.1. The molecular weight excluding hydrogens is 278 g/mol. The quantitative estimate of drug-likeness (QED) is 0.481. The number of esters is 1. The Bertz CT molecular complexity index is 639. The van der Waals surface area contributed by atoms with Crippen molar-refractivity contribution in [3.8, 4) is 0 Å². The van der Waals surface area contributed by atoms with Gasteiger partial charge in [0.25, 0.3) is 0 Å². The fraction of sp³-hybridized carbons (Fsp3) is 0.235. The van der Waals surface area contributed by atoms with Gasteiger partial charge in [0.15, 0.2) is 0 Å².